The zero-order chi connectivity index (χ0) is 13.3. The normalized spacial score (nSPS) is 10.8. The van der Waals surface area contributed by atoms with Crippen LogP contribution in [0.3, 0.4) is 0 Å². The molecule has 2 heterocycles. The number of nitrogens with one attached hydrogen (secondary N) is 1. The van der Waals surface area contributed by atoms with Gasteiger partial charge in [0.1, 0.15) is 0 Å². The van der Waals surface area contributed by atoms with Gasteiger partial charge in [-0.15, -0.1) is 0 Å². The van der Waals surface area contributed by atoms with Crippen LogP contribution in [0, 0.1) is 0 Å². The lowest BCUT2D eigenvalue weighted by Crippen LogP contribution is -2.28. The van der Waals surface area contributed by atoms with Crippen molar-refractivity contribution in [2.24, 2.45) is 0 Å². The van der Waals surface area contributed by atoms with E-state index in [1.807, 2.05) is 24.7 Å². The molecule has 0 aliphatic rings. The van der Waals surface area contributed by atoms with Crippen LogP contribution in [0.1, 0.15) is 11.1 Å². The second kappa shape index (κ2) is 7.61. The van der Waals surface area contributed by atoms with Crippen molar-refractivity contribution in [3.63, 3.8) is 0 Å². The molecule has 0 saturated heterocycles. The first-order valence-corrected chi connectivity index (χ1v) is 6.51. The van der Waals surface area contributed by atoms with Gasteiger partial charge >= 0.3 is 0 Å². The van der Waals surface area contributed by atoms with Gasteiger partial charge in [0.2, 0.25) is 0 Å². The second-order valence-corrected chi connectivity index (χ2v) is 4.63. The molecule has 100 valence electrons. The van der Waals surface area contributed by atoms with Crippen LogP contribution in [0.2, 0.25) is 0 Å². The Bertz CT molecular complexity index is 458. The first-order chi connectivity index (χ1) is 9.34. The molecule has 19 heavy (non-hydrogen) atoms. The van der Waals surface area contributed by atoms with Gasteiger partial charge in [0, 0.05) is 51.0 Å². The highest BCUT2D eigenvalue weighted by Crippen LogP contribution is 2.00. The summed E-state index contributed by atoms with van der Waals surface area (Å²) < 4.78 is 0. The number of hydrogen-bond donors (Lipinski definition) is 1. The molecule has 0 amide bonds. The van der Waals surface area contributed by atoms with Crippen LogP contribution >= 0.6 is 0 Å². The molecule has 0 bridgehead atoms. The fraction of sp³-hybridized carbons (Fsp3) is 0.333. The Kier molecular flexibility index (Phi) is 5.47. The smallest absolute Gasteiger partial charge is 0.0312 e. The van der Waals surface area contributed by atoms with Gasteiger partial charge in [-0.2, -0.15) is 0 Å². The molecule has 0 unspecified atom stereocenters. The summed E-state index contributed by atoms with van der Waals surface area (Å²) in [5.41, 5.74) is 2.52. The van der Waals surface area contributed by atoms with E-state index in [0.29, 0.717) is 0 Å². The number of hydrogen-bond acceptors (Lipinski definition) is 4. The van der Waals surface area contributed by atoms with E-state index in [4.69, 9.17) is 0 Å². The maximum Gasteiger partial charge on any atom is 0.0312 e. The van der Waals surface area contributed by atoms with Gasteiger partial charge < -0.3 is 10.2 Å². The van der Waals surface area contributed by atoms with Gasteiger partial charge in [0.25, 0.3) is 0 Å². The monoisotopic (exact) mass is 256 g/mol. The maximum atomic E-state index is 4.10. The first kappa shape index (κ1) is 13.6. The second-order valence-electron chi connectivity index (χ2n) is 4.63. The summed E-state index contributed by atoms with van der Waals surface area (Å²) in [6.07, 6.45) is 7.37. The summed E-state index contributed by atoms with van der Waals surface area (Å²) in [6.45, 7) is 3.81. The van der Waals surface area contributed by atoms with E-state index in [1.165, 1.54) is 11.1 Å². The minimum Gasteiger partial charge on any atom is -0.311 e. The van der Waals surface area contributed by atoms with E-state index >= 15 is 0 Å². The molecule has 0 aliphatic heterocycles. The Morgan fingerprint density at radius 2 is 1.89 bits per heavy atom. The van der Waals surface area contributed by atoms with Gasteiger partial charge in [-0.05, 0) is 36.4 Å². The summed E-state index contributed by atoms with van der Waals surface area (Å²) in [4.78, 5) is 10.4. The molecule has 0 spiro atoms. The minimum absolute atomic E-state index is 0.872. The third-order valence-electron chi connectivity index (χ3n) is 2.92. The van der Waals surface area contributed by atoms with Crippen molar-refractivity contribution in [1.82, 2.24) is 20.2 Å². The predicted octanol–water partition coefficient (Wildman–Crippen LogP) is 1.70. The van der Waals surface area contributed by atoms with Crippen LogP contribution in [0.15, 0.2) is 49.1 Å². The standard InChI is InChI=1S/C15H20N4/c1-19(13-14-4-7-16-8-5-14)10-9-18-12-15-3-2-6-17-11-15/h2-8,11,18H,9-10,12-13H2,1H3. The van der Waals surface area contributed by atoms with Crippen LogP contribution in [-0.4, -0.2) is 35.0 Å². The van der Waals surface area contributed by atoms with Crippen molar-refractivity contribution in [2.45, 2.75) is 13.1 Å². The molecule has 2 aromatic heterocycles. The SMILES string of the molecule is CN(CCNCc1cccnc1)Cc1ccncc1. The van der Waals surface area contributed by atoms with Gasteiger partial charge in [-0.3, -0.25) is 9.97 Å². The predicted molar refractivity (Wildman–Crippen MR) is 76.5 cm³/mol. The molecular weight excluding hydrogens is 236 g/mol. The van der Waals surface area contributed by atoms with E-state index in [0.717, 1.165) is 26.2 Å². The first-order valence-electron chi connectivity index (χ1n) is 6.51. The van der Waals surface area contributed by atoms with Crippen LogP contribution in [0.5, 0.6) is 0 Å². The maximum absolute atomic E-state index is 4.10. The van der Waals surface area contributed by atoms with Crippen molar-refractivity contribution >= 4 is 0 Å². The Balaban J connectivity index is 1.63. The van der Waals surface area contributed by atoms with Crippen molar-refractivity contribution in [2.75, 3.05) is 20.1 Å². The number of nitrogens with zero attached hydrogens (tertiary/aromatic N) is 3. The van der Waals surface area contributed by atoms with Crippen LogP contribution in [0.25, 0.3) is 0 Å². The molecule has 2 rings (SSSR count). The Morgan fingerprint density at radius 1 is 1.05 bits per heavy atom. The summed E-state index contributed by atoms with van der Waals surface area (Å²) in [6, 6.07) is 8.16. The summed E-state index contributed by atoms with van der Waals surface area (Å²) in [5, 5.41) is 3.42. The van der Waals surface area contributed by atoms with Crippen LogP contribution < -0.4 is 5.32 Å². The zero-order valence-electron chi connectivity index (χ0n) is 11.3. The molecule has 4 heteroatoms. The van der Waals surface area contributed by atoms with Crippen molar-refractivity contribution in [3.05, 3.63) is 60.2 Å². The average Bonchev–Trinajstić information content (AvgIpc) is 2.46. The highest BCUT2D eigenvalue weighted by Gasteiger charge is 1.99. The molecule has 0 atom stereocenters. The van der Waals surface area contributed by atoms with Gasteiger partial charge in [-0.25, -0.2) is 0 Å². The van der Waals surface area contributed by atoms with Crippen molar-refractivity contribution < 1.29 is 0 Å². The number of pyridine rings is 2. The largest absolute Gasteiger partial charge is 0.311 e. The molecule has 0 fully saturated rings. The third-order valence-corrected chi connectivity index (χ3v) is 2.92. The van der Waals surface area contributed by atoms with Crippen molar-refractivity contribution in [1.29, 1.82) is 0 Å². The topological polar surface area (TPSA) is 41.0 Å². The average molecular weight is 256 g/mol. The Hall–Kier alpha value is -1.78. The summed E-state index contributed by atoms with van der Waals surface area (Å²) in [5.74, 6) is 0. The molecule has 1 N–H and O–H groups in total. The van der Waals surface area contributed by atoms with Crippen LogP contribution in [-0.2, 0) is 13.1 Å². The van der Waals surface area contributed by atoms with Crippen molar-refractivity contribution in [3.8, 4) is 0 Å². The van der Waals surface area contributed by atoms with E-state index in [1.54, 1.807) is 6.20 Å². The van der Waals surface area contributed by atoms with E-state index in [2.05, 4.69) is 45.4 Å². The van der Waals surface area contributed by atoms with E-state index in [9.17, 15) is 0 Å². The lowest BCUT2D eigenvalue weighted by atomic mass is 10.2. The number of rotatable bonds is 7. The Morgan fingerprint density at radius 3 is 2.63 bits per heavy atom. The quantitative estimate of drug-likeness (QED) is 0.766. The molecule has 0 radical (unpaired) electrons. The number of likely N-dealkylation sites (N-methyl/N-ethyl adjacent to an activating group) is 1. The van der Waals surface area contributed by atoms with Gasteiger partial charge in [0.15, 0.2) is 0 Å². The third kappa shape index (κ3) is 5.16. The summed E-state index contributed by atoms with van der Waals surface area (Å²) in [7, 11) is 2.13. The molecule has 2 aromatic rings. The highest BCUT2D eigenvalue weighted by molar-refractivity contribution is 5.09. The van der Waals surface area contributed by atoms with Gasteiger partial charge in [0.05, 0.1) is 0 Å². The van der Waals surface area contributed by atoms with Gasteiger partial charge in [-0.1, -0.05) is 6.07 Å². The Labute approximate surface area is 114 Å². The highest BCUT2D eigenvalue weighted by atomic mass is 15.1. The fourth-order valence-corrected chi connectivity index (χ4v) is 1.88. The fourth-order valence-electron chi connectivity index (χ4n) is 1.88. The van der Waals surface area contributed by atoms with E-state index < -0.39 is 0 Å². The number of aromatic nitrogens is 2. The molecular formula is C15H20N4. The molecule has 0 saturated carbocycles. The van der Waals surface area contributed by atoms with Crippen LogP contribution in [0.4, 0.5) is 0 Å². The van der Waals surface area contributed by atoms with E-state index in [-0.39, 0.29) is 0 Å². The zero-order valence-corrected chi connectivity index (χ0v) is 11.3. The molecule has 0 aliphatic carbocycles. The lowest BCUT2D eigenvalue weighted by molar-refractivity contribution is 0.324. The summed E-state index contributed by atoms with van der Waals surface area (Å²) >= 11 is 0. The lowest BCUT2D eigenvalue weighted by Gasteiger charge is -2.16. The molecule has 0 aromatic carbocycles. The minimum atomic E-state index is 0.872. The molecule has 4 nitrogen and oxygen atoms in total.